The summed E-state index contributed by atoms with van der Waals surface area (Å²) in [7, 11) is -3.15. The van der Waals surface area contributed by atoms with Gasteiger partial charge in [0.05, 0.1) is 11.4 Å². The Bertz CT molecular complexity index is 1270. The number of pyridine rings is 1. The Morgan fingerprint density at radius 1 is 1.10 bits per heavy atom. The number of benzene rings is 1. The molecule has 0 atom stereocenters. The van der Waals surface area contributed by atoms with E-state index >= 15 is 0 Å². The van der Waals surface area contributed by atoms with Crippen molar-refractivity contribution in [2.75, 3.05) is 18.1 Å². The molecule has 2 aromatic heterocycles. The lowest BCUT2D eigenvalue weighted by Crippen LogP contribution is -2.43. The minimum atomic E-state index is -3.15. The van der Waals surface area contributed by atoms with Gasteiger partial charge in [0, 0.05) is 41.7 Å². The van der Waals surface area contributed by atoms with Crippen molar-refractivity contribution in [1.82, 2.24) is 20.3 Å². The normalized spacial score (nSPS) is 15.1. The maximum Gasteiger partial charge on any atom is 0.251 e. The molecule has 9 heteroatoms. The summed E-state index contributed by atoms with van der Waals surface area (Å²) in [6, 6.07) is 10.8. The lowest BCUT2D eigenvalue weighted by atomic mass is 9.78. The number of carbonyl (C=O) groups excluding carboxylic acids is 1. The second-order valence-corrected chi connectivity index (χ2v) is 10.5. The molecule has 0 unspecified atom stereocenters. The smallest absolute Gasteiger partial charge is 0.251 e. The van der Waals surface area contributed by atoms with Gasteiger partial charge in [0.15, 0.2) is 9.84 Å². The Labute approximate surface area is 181 Å². The van der Waals surface area contributed by atoms with Crippen LogP contribution in [0.5, 0.6) is 0 Å². The van der Waals surface area contributed by atoms with Gasteiger partial charge in [-0.15, -0.1) is 0 Å². The number of anilines is 2. The molecule has 0 fully saturated rings. The van der Waals surface area contributed by atoms with Gasteiger partial charge in [-0.05, 0) is 41.5 Å². The predicted octanol–water partition coefficient (Wildman–Crippen LogP) is 2.85. The van der Waals surface area contributed by atoms with Crippen LogP contribution in [0.2, 0.25) is 0 Å². The van der Waals surface area contributed by atoms with E-state index in [9.17, 15) is 13.2 Å². The third-order valence-corrected chi connectivity index (χ3v) is 5.99. The number of sulfone groups is 1. The summed E-state index contributed by atoms with van der Waals surface area (Å²) in [5, 5.41) is 5.96. The molecule has 31 heavy (non-hydrogen) atoms. The van der Waals surface area contributed by atoms with E-state index in [2.05, 4.69) is 39.4 Å². The van der Waals surface area contributed by atoms with Crippen molar-refractivity contribution in [3.8, 4) is 11.3 Å². The van der Waals surface area contributed by atoms with Gasteiger partial charge in [-0.1, -0.05) is 19.9 Å². The minimum absolute atomic E-state index is 0.0639. The van der Waals surface area contributed by atoms with Crippen LogP contribution in [0.15, 0.2) is 48.8 Å². The largest absolute Gasteiger partial charge is 0.351 e. The van der Waals surface area contributed by atoms with Crippen molar-refractivity contribution < 1.29 is 13.2 Å². The predicted molar refractivity (Wildman–Crippen MR) is 119 cm³/mol. The molecular formula is C22H23N5O3S. The number of nitrogens with one attached hydrogen (secondary N) is 2. The Morgan fingerprint density at radius 3 is 2.65 bits per heavy atom. The van der Waals surface area contributed by atoms with Crippen LogP contribution in [0.1, 0.15) is 35.3 Å². The summed E-state index contributed by atoms with van der Waals surface area (Å²) >= 11 is 0. The summed E-state index contributed by atoms with van der Waals surface area (Å²) in [6.45, 7) is 4.77. The molecular weight excluding hydrogens is 414 g/mol. The standard InChI is InChI=1S/C22H23N5O3S/c1-22(2)13-25-20(28)16-5-4-15(11-17(16)22)18-7-9-24-21(26-18)27-19-10-14(6-8-23-19)12-31(3,29)30/h4-11H,12-13H2,1-3H3,(H,25,28)(H,23,24,26,27). The van der Waals surface area contributed by atoms with Crippen LogP contribution >= 0.6 is 0 Å². The highest BCUT2D eigenvalue weighted by Gasteiger charge is 2.31. The molecule has 8 nitrogen and oxygen atoms in total. The topological polar surface area (TPSA) is 114 Å². The van der Waals surface area contributed by atoms with Crippen LogP contribution in [0.4, 0.5) is 11.8 Å². The van der Waals surface area contributed by atoms with Crippen LogP contribution in [-0.4, -0.2) is 42.1 Å². The number of rotatable bonds is 5. The summed E-state index contributed by atoms with van der Waals surface area (Å²) < 4.78 is 23.1. The molecule has 0 bridgehead atoms. The van der Waals surface area contributed by atoms with Gasteiger partial charge < -0.3 is 10.6 Å². The van der Waals surface area contributed by atoms with Gasteiger partial charge in [0.25, 0.3) is 5.91 Å². The third kappa shape index (κ3) is 4.72. The Hall–Kier alpha value is -3.33. The van der Waals surface area contributed by atoms with Crippen LogP contribution in [-0.2, 0) is 21.0 Å². The van der Waals surface area contributed by atoms with E-state index in [1.165, 1.54) is 6.26 Å². The molecule has 0 spiro atoms. The van der Waals surface area contributed by atoms with Crippen molar-refractivity contribution in [3.63, 3.8) is 0 Å². The lowest BCUT2D eigenvalue weighted by Gasteiger charge is -2.32. The average molecular weight is 438 g/mol. The first-order valence-corrected chi connectivity index (χ1v) is 11.8. The van der Waals surface area contributed by atoms with E-state index in [-0.39, 0.29) is 17.1 Å². The van der Waals surface area contributed by atoms with Crippen molar-refractivity contribution in [1.29, 1.82) is 0 Å². The SMILES string of the molecule is CC1(C)CNC(=O)c2ccc(-c3ccnc(Nc4cc(CS(C)(=O)=O)ccn4)n3)cc21. The van der Waals surface area contributed by atoms with Gasteiger partial charge in [-0.3, -0.25) is 4.79 Å². The van der Waals surface area contributed by atoms with E-state index in [4.69, 9.17) is 0 Å². The fourth-order valence-corrected chi connectivity index (χ4v) is 4.37. The Balaban J connectivity index is 1.63. The fraction of sp³-hybridized carbons (Fsp3) is 0.273. The molecule has 1 amide bonds. The van der Waals surface area contributed by atoms with Crippen molar-refractivity contribution in [3.05, 3.63) is 65.5 Å². The van der Waals surface area contributed by atoms with Crippen molar-refractivity contribution >= 4 is 27.5 Å². The molecule has 3 aromatic rings. The second kappa shape index (κ2) is 7.73. The number of amides is 1. The van der Waals surface area contributed by atoms with E-state index < -0.39 is 9.84 Å². The minimum Gasteiger partial charge on any atom is -0.351 e. The molecule has 4 rings (SSSR count). The second-order valence-electron chi connectivity index (χ2n) is 8.34. The Morgan fingerprint density at radius 2 is 1.87 bits per heavy atom. The number of hydrogen-bond donors (Lipinski definition) is 2. The molecule has 0 aliphatic carbocycles. The maximum atomic E-state index is 12.2. The van der Waals surface area contributed by atoms with Crippen LogP contribution in [0.3, 0.4) is 0 Å². The maximum absolute atomic E-state index is 12.2. The number of hydrogen-bond acceptors (Lipinski definition) is 7. The van der Waals surface area contributed by atoms with Crippen molar-refractivity contribution in [2.24, 2.45) is 0 Å². The number of fused-ring (bicyclic) bond motifs is 1. The first-order valence-electron chi connectivity index (χ1n) is 9.77. The summed E-state index contributed by atoms with van der Waals surface area (Å²) in [6.07, 6.45) is 4.38. The van der Waals surface area contributed by atoms with Crippen molar-refractivity contribution in [2.45, 2.75) is 25.0 Å². The fourth-order valence-electron chi connectivity index (χ4n) is 3.58. The van der Waals surface area contributed by atoms with Crippen LogP contribution in [0.25, 0.3) is 11.3 Å². The van der Waals surface area contributed by atoms with E-state index in [1.807, 2.05) is 18.2 Å². The van der Waals surface area contributed by atoms with Crippen LogP contribution < -0.4 is 10.6 Å². The lowest BCUT2D eigenvalue weighted by molar-refractivity contribution is 0.0930. The number of nitrogens with zero attached hydrogens (tertiary/aromatic N) is 3. The molecule has 2 N–H and O–H groups in total. The first kappa shape index (κ1) is 20.9. The highest BCUT2D eigenvalue weighted by molar-refractivity contribution is 7.89. The molecule has 3 heterocycles. The molecule has 1 aromatic carbocycles. The zero-order valence-electron chi connectivity index (χ0n) is 17.5. The molecule has 1 aliphatic rings. The van der Waals surface area contributed by atoms with Gasteiger partial charge >= 0.3 is 0 Å². The third-order valence-electron chi connectivity index (χ3n) is 5.13. The summed E-state index contributed by atoms with van der Waals surface area (Å²) in [4.78, 5) is 25.2. The highest BCUT2D eigenvalue weighted by Crippen LogP contribution is 2.33. The zero-order chi connectivity index (χ0) is 22.2. The number of aromatic nitrogens is 3. The van der Waals surface area contributed by atoms with Crippen LogP contribution in [0, 0.1) is 0 Å². The Kier molecular flexibility index (Phi) is 5.22. The quantitative estimate of drug-likeness (QED) is 0.631. The summed E-state index contributed by atoms with van der Waals surface area (Å²) in [5.41, 5.74) is 3.69. The monoisotopic (exact) mass is 437 g/mol. The van der Waals surface area contributed by atoms with Gasteiger partial charge in [-0.2, -0.15) is 0 Å². The molecule has 0 radical (unpaired) electrons. The first-order chi connectivity index (χ1) is 14.6. The average Bonchev–Trinajstić information content (AvgIpc) is 2.70. The summed E-state index contributed by atoms with van der Waals surface area (Å²) in [5.74, 6) is 0.674. The van der Waals surface area contributed by atoms with E-state index in [1.54, 1.807) is 30.6 Å². The molecule has 1 aliphatic heterocycles. The zero-order valence-corrected chi connectivity index (χ0v) is 18.3. The van der Waals surface area contributed by atoms with E-state index in [0.717, 1.165) is 11.1 Å². The van der Waals surface area contributed by atoms with Gasteiger partial charge in [-0.25, -0.2) is 23.4 Å². The molecule has 0 saturated carbocycles. The molecule has 160 valence electrons. The number of carbonyl (C=O) groups is 1. The molecule has 0 saturated heterocycles. The van der Waals surface area contributed by atoms with Gasteiger partial charge in [0.2, 0.25) is 5.95 Å². The van der Waals surface area contributed by atoms with E-state index in [0.29, 0.717) is 35.1 Å². The highest BCUT2D eigenvalue weighted by atomic mass is 32.2. The van der Waals surface area contributed by atoms with Gasteiger partial charge in [0.1, 0.15) is 5.82 Å².